The van der Waals surface area contributed by atoms with Crippen molar-refractivity contribution in [3.8, 4) is 6.26 Å². The first-order valence-electron chi connectivity index (χ1n) is 6.93. The molecule has 0 aromatic rings. The van der Waals surface area contributed by atoms with Crippen LogP contribution in [0.1, 0.15) is 64.2 Å². The van der Waals surface area contributed by atoms with Crippen molar-refractivity contribution in [2.75, 3.05) is 0 Å². The first-order chi connectivity index (χ1) is 7.88. The van der Waals surface area contributed by atoms with Gasteiger partial charge in [0.15, 0.2) is 0 Å². The molecule has 0 aromatic heterocycles. The standard InChI is InChI=1S/C14H23NO/c15-11-16-14-8-6-13(7-9-14)10-12-4-2-1-3-5-12/h12-14H,1-10H2. The Hall–Kier alpha value is -0.710. The molecule has 0 unspecified atom stereocenters. The van der Waals surface area contributed by atoms with E-state index in [0.29, 0.717) is 0 Å². The molecule has 2 fully saturated rings. The van der Waals surface area contributed by atoms with E-state index in [-0.39, 0.29) is 6.10 Å². The lowest BCUT2D eigenvalue weighted by Gasteiger charge is -2.31. The van der Waals surface area contributed by atoms with E-state index >= 15 is 0 Å². The van der Waals surface area contributed by atoms with E-state index in [4.69, 9.17) is 10.00 Å². The van der Waals surface area contributed by atoms with Gasteiger partial charge in [0.1, 0.15) is 6.10 Å². The number of ether oxygens (including phenoxy) is 1. The highest BCUT2D eigenvalue weighted by atomic mass is 16.5. The maximum Gasteiger partial charge on any atom is 0.286 e. The van der Waals surface area contributed by atoms with Gasteiger partial charge >= 0.3 is 0 Å². The third-order valence-electron chi connectivity index (χ3n) is 4.40. The Labute approximate surface area is 99.0 Å². The minimum Gasteiger partial charge on any atom is -0.424 e. The molecule has 2 nitrogen and oxygen atoms in total. The monoisotopic (exact) mass is 221 g/mol. The highest BCUT2D eigenvalue weighted by molar-refractivity contribution is 4.78. The third kappa shape index (κ3) is 3.40. The number of hydrogen-bond acceptors (Lipinski definition) is 2. The predicted octanol–water partition coefficient (Wildman–Crippen LogP) is 4.01. The van der Waals surface area contributed by atoms with E-state index in [9.17, 15) is 0 Å². The molecule has 2 aliphatic carbocycles. The summed E-state index contributed by atoms with van der Waals surface area (Å²) in [7, 11) is 0. The summed E-state index contributed by atoms with van der Waals surface area (Å²) < 4.78 is 5.03. The zero-order valence-corrected chi connectivity index (χ0v) is 10.2. The zero-order chi connectivity index (χ0) is 11.2. The molecule has 2 rings (SSSR count). The van der Waals surface area contributed by atoms with Crippen LogP contribution < -0.4 is 0 Å². The Balaban J connectivity index is 1.66. The molecule has 0 spiro atoms. The molecule has 90 valence electrons. The summed E-state index contributed by atoms with van der Waals surface area (Å²) in [6.45, 7) is 0. The van der Waals surface area contributed by atoms with Crippen molar-refractivity contribution in [1.29, 1.82) is 5.26 Å². The molecule has 2 aliphatic rings. The van der Waals surface area contributed by atoms with E-state index in [1.54, 1.807) is 0 Å². The van der Waals surface area contributed by atoms with Crippen molar-refractivity contribution in [2.24, 2.45) is 11.8 Å². The van der Waals surface area contributed by atoms with Crippen LogP contribution in [0.5, 0.6) is 0 Å². The molecule has 2 heteroatoms. The van der Waals surface area contributed by atoms with Crippen molar-refractivity contribution in [3.05, 3.63) is 0 Å². The maximum absolute atomic E-state index is 8.47. The Bertz CT molecular complexity index is 232. The molecule has 2 saturated carbocycles. The molecule has 0 saturated heterocycles. The largest absolute Gasteiger partial charge is 0.424 e. The molecule has 0 bridgehead atoms. The number of rotatable bonds is 3. The zero-order valence-electron chi connectivity index (χ0n) is 10.2. The lowest BCUT2D eigenvalue weighted by Crippen LogP contribution is -2.22. The van der Waals surface area contributed by atoms with Gasteiger partial charge in [-0.3, -0.25) is 0 Å². The molecule has 0 amide bonds. The van der Waals surface area contributed by atoms with E-state index in [1.165, 1.54) is 51.4 Å². The first-order valence-corrected chi connectivity index (χ1v) is 6.93. The van der Waals surface area contributed by atoms with E-state index < -0.39 is 0 Å². The van der Waals surface area contributed by atoms with Crippen LogP contribution in [0.3, 0.4) is 0 Å². The van der Waals surface area contributed by atoms with Gasteiger partial charge in [-0.25, -0.2) is 0 Å². The van der Waals surface area contributed by atoms with E-state index in [1.807, 2.05) is 6.26 Å². The van der Waals surface area contributed by atoms with Crippen LogP contribution in [-0.4, -0.2) is 6.10 Å². The molecule has 0 radical (unpaired) electrons. The molecule has 0 aromatic carbocycles. The quantitative estimate of drug-likeness (QED) is 0.674. The Morgan fingerprint density at radius 1 is 0.875 bits per heavy atom. The van der Waals surface area contributed by atoms with E-state index in [0.717, 1.165) is 24.7 Å². The number of hydrogen-bond donors (Lipinski definition) is 0. The highest BCUT2D eigenvalue weighted by Gasteiger charge is 2.25. The summed E-state index contributed by atoms with van der Waals surface area (Å²) in [6, 6.07) is 0. The Morgan fingerprint density at radius 3 is 2.12 bits per heavy atom. The van der Waals surface area contributed by atoms with Crippen molar-refractivity contribution in [2.45, 2.75) is 70.3 Å². The van der Waals surface area contributed by atoms with Crippen LogP contribution in [-0.2, 0) is 4.74 Å². The van der Waals surface area contributed by atoms with Crippen LogP contribution >= 0.6 is 0 Å². The van der Waals surface area contributed by atoms with Gasteiger partial charge in [-0.1, -0.05) is 32.1 Å². The number of nitrogens with zero attached hydrogens (tertiary/aromatic N) is 1. The second-order valence-corrected chi connectivity index (χ2v) is 5.59. The lowest BCUT2D eigenvalue weighted by atomic mass is 9.77. The Morgan fingerprint density at radius 2 is 1.50 bits per heavy atom. The SMILES string of the molecule is N#COC1CCC(CC2CCCCC2)CC1. The second-order valence-electron chi connectivity index (χ2n) is 5.59. The van der Waals surface area contributed by atoms with Crippen LogP contribution in [0.15, 0.2) is 0 Å². The summed E-state index contributed by atoms with van der Waals surface area (Å²) in [5.74, 6) is 1.92. The molecular formula is C14H23NO. The van der Waals surface area contributed by atoms with Crippen molar-refractivity contribution in [3.63, 3.8) is 0 Å². The smallest absolute Gasteiger partial charge is 0.286 e. The van der Waals surface area contributed by atoms with Crippen LogP contribution in [0, 0.1) is 23.4 Å². The van der Waals surface area contributed by atoms with Crippen LogP contribution in [0.2, 0.25) is 0 Å². The van der Waals surface area contributed by atoms with Gasteiger partial charge < -0.3 is 4.74 Å². The fourth-order valence-corrected chi connectivity index (χ4v) is 3.45. The minimum absolute atomic E-state index is 0.229. The summed E-state index contributed by atoms with van der Waals surface area (Å²) in [6.07, 6.45) is 15.6. The molecule has 0 atom stereocenters. The Kier molecular flexibility index (Phi) is 4.51. The molecule has 0 heterocycles. The van der Waals surface area contributed by atoms with Gasteiger partial charge in [0, 0.05) is 0 Å². The van der Waals surface area contributed by atoms with Crippen molar-refractivity contribution < 1.29 is 4.74 Å². The normalized spacial score (nSPS) is 31.9. The highest BCUT2D eigenvalue weighted by Crippen LogP contribution is 2.35. The average molecular weight is 221 g/mol. The van der Waals surface area contributed by atoms with E-state index in [2.05, 4.69) is 0 Å². The van der Waals surface area contributed by atoms with Crippen molar-refractivity contribution in [1.82, 2.24) is 0 Å². The topological polar surface area (TPSA) is 33.0 Å². The molecule has 16 heavy (non-hydrogen) atoms. The minimum atomic E-state index is 0.229. The van der Waals surface area contributed by atoms with Gasteiger partial charge in [0.05, 0.1) is 0 Å². The third-order valence-corrected chi connectivity index (χ3v) is 4.40. The van der Waals surface area contributed by atoms with Gasteiger partial charge in [-0.15, -0.1) is 0 Å². The average Bonchev–Trinajstić information content (AvgIpc) is 2.33. The van der Waals surface area contributed by atoms with Gasteiger partial charge in [-0.05, 0) is 43.9 Å². The summed E-state index contributed by atoms with van der Waals surface area (Å²) in [5.41, 5.74) is 0. The molecule has 0 aliphatic heterocycles. The van der Waals surface area contributed by atoms with Gasteiger partial charge in [0.25, 0.3) is 6.26 Å². The van der Waals surface area contributed by atoms with Gasteiger partial charge in [0.2, 0.25) is 0 Å². The fraction of sp³-hybridized carbons (Fsp3) is 0.929. The molecular weight excluding hydrogens is 198 g/mol. The van der Waals surface area contributed by atoms with Crippen LogP contribution in [0.25, 0.3) is 0 Å². The second kappa shape index (κ2) is 6.13. The van der Waals surface area contributed by atoms with Gasteiger partial charge in [-0.2, -0.15) is 5.26 Å². The summed E-state index contributed by atoms with van der Waals surface area (Å²) in [4.78, 5) is 0. The van der Waals surface area contributed by atoms with Crippen LogP contribution in [0.4, 0.5) is 0 Å². The first kappa shape index (κ1) is 11.8. The summed E-state index contributed by atoms with van der Waals surface area (Å²) >= 11 is 0. The number of nitriles is 1. The summed E-state index contributed by atoms with van der Waals surface area (Å²) in [5, 5.41) is 8.47. The maximum atomic E-state index is 8.47. The lowest BCUT2D eigenvalue weighted by molar-refractivity contribution is 0.0919. The molecule has 0 N–H and O–H groups in total. The fourth-order valence-electron chi connectivity index (χ4n) is 3.45. The van der Waals surface area contributed by atoms with Crippen molar-refractivity contribution >= 4 is 0 Å². The predicted molar refractivity (Wildman–Crippen MR) is 63.6 cm³/mol.